The van der Waals surface area contributed by atoms with Crippen LogP contribution in [0.15, 0.2) is 47.3 Å². The fraction of sp³-hybridized carbons (Fsp3) is 0.222. The van der Waals surface area contributed by atoms with Crippen LogP contribution >= 0.6 is 0 Å². The van der Waals surface area contributed by atoms with E-state index in [0.717, 1.165) is 22.1 Å². The van der Waals surface area contributed by atoms with Crippen molar-refractivity contribution in [2.24, 2.45) is 0 Å². The van der Waals surface area contributed by atoms with Crippen LogP contribution in [0.2, 0.25) is 0 Å². The van der Waals surface area contributed by atoms with Crippen molar-refractivity contribution in [1.29, 1.82) is 5.26 Å². The molecule has 1 aromatic carbocycles. The van der Waals surface area contributed by atoms with Gasteiger partial charge in [0, 0.05) is 5.39 Å². The van der Waals surface area contributed by atoms with Crippen LogP contribution in [-0.2, 0) is 6.54 Å². The Balaban J connectivity index is 1.63. The number of rotatable bonds is 5. The summed E-state index contributed by atoms with van der Waals surface area (Å²) in [5.41, 5.74) is 1.58. The van der Waals surface area contributed by atoms with Crippen molar-refractivity contribution in [2.75, 3.05) is 5.32 Å². The summed E-state index contributed by atoms with van der Waals surface area (Å²) in [5, 5.41) is 18.3. The fourth-order valence-electron chi connectivity index (χ4n) is 2.82. The number of nitrogens with one attached hydrogen (secondary N) is 1. The van der Waals surface area contributed by atoms with Crippen LogP contribution in [0.5, 0.6) is 0 Å². The summed E-state index contributed by atoms with van der Waals surface area (Å²) in [4.78, 5) is 8.62. The summed E-state index contributed by atoms with van der Waals surface area (Å²) >= 11 is 0. The molecule has 4 rings (SSSR count). The lowest BCUT2D eigenvalue weighted by atomic mass is 10.2. The molecule has 0 aliphatic carbocycles. The smallest absolute Gasteiger partial charge is 0.163 e. The van der Waals surface area contributed by atoms with Gasteiger partial charge in [0.05, 0.1) is 36.7 Å². The van der Waals surface area contributed by atoms with Crippen molar-refractivity contribution in [3.8, 4) is 6.07 Å². The van der Waals surface area contributed by atoms with E-state index in [-0.39, 0.29) is 6.04 Å². The van der Waals surface area contributed by atoms with Crippen molar-refractivity contribution < 1.29 is 4.42 Å². The molecule has 0 bridgehead atoms. The molecule has 0 saturated heterocycles. The van der Waals surface area contributed by atoms with Crippen LogP contribution in [0.1, 0.15) is 25.1 Å². The van der Waals surface area contributed by atoms with Gasteiger partial charge in [-0.15, -0.1) is 0 Å². The first-order valence-corrected chi connectivity index (χ1v) is 8.05. The zero-order valence-corrected chi connectivity index (χ0v) is 13.7. The first-order chi connectivity index (χ1) is 12.3. The van der Waals surface area contributed by atoms with Crippen molar-refractivity contribution in [2.45, 2.75) is 25.9 Å². The lowest BCUT2D eigenvalue weighted by Crippen LogP contribution is -2.08. The SMILES string of the molecule is C[C@@H](Nc1ncnc2c1cnn2CCC#N)c1cc2ccccc2o1. The summed E-state index contributed by atoms with van der Waals surface area (Å²) in [5.74, 6) is 1.53. The number of hydrogen-bond donors (Lipinski definition) is 1. The molecule has 0 radical (unpaired) electrons. The first-order valence-electron chi connectivity index (χ1n) is 8.05. The van der Waals surface area contributed by atoms with E-state index in [0.29, 0.717) is 24.4 Å². The van der Waals surface area contributed by atoms with Gasteiger partial charge in [-0.1, -0.05) is 18.2 Å². The summed E-state index contributed by atoms with van der Waals surface area (Å²) in [7, 11) is 0. The molecule has 124 valence electrons. The van der Waals surface area contributed by atoms with Crippen molar-refractivity contribution >= 4 is 27.8 Å². The molecule has 0 amide bonds. The molecular formula is C18H16N6O. The van der Waals surface area contributed by atoms with Gasteiger partial charge in [0.25, 0.3) is 0 Å². The van der Waals surface area contributed by atoms with Gasteiger partial charge in [0.2, 0.25) is 0 Å². The third kappa shape index (κ3) is 2.78. The molecular weight excluding hydrogens is 316 g/mol. The lowest BCUT2D eigenvalue weighted by Gasteiger charge is -2.12. The second kappa shape index (κ2) is 6.24. The zero-order chi connectivity index (χ0) is 17.2. The number of anilines is 1. The van der Waals surface area contributed by atoms with E-state index in [1.54, 1.807) is 10.9 Å². The van der Waals surface area contributed by atoms with E-state index in [4.69, 9.17) is 9.68 Å². The van der Waals surface area contributed by atoms with E-state index in [2.05, 4.69) is 26.5 Å². The monoisotopic (exact) mass is 332 g/mol. The van der Waals surface area contributed by atoms with Gasteiger partial charge in [-0.2, -0.15) is 10.4 Å². The Morgan fingerprint density at radius 3 is 3.04 bits per heavy atom. The van der Waals surface area contributed by atoms with Crippen LogP contribution in [0, 0.1) is 11.3 Å². The van der Waals surface area contributed by atoms with Gasteiger partial charge in [0.15, 0.2) is 5.65 Å². The minimum Gasteiger partial charge on any atom is -0.459 e. The highest BCUT2D eigenvalue weighted by atomic mass is 16.3. The van der Waals surface area contributed by atoms with E-state index >= 15 is 0 Å². The van der Waals surface area contributed by atoms with E-state index < -0.39 is 0 Å². The second-order valence-corrected chi connectivity index (χ2v) is 5.79. The average Bonchev–Trinajstić information content (AvgIpc) is 3.24. The van der Waals surface area contributed by atoms with Gasteiger partial charge in [0.1, 0.15) is 23.5 Å². The number of para-hydroxylation sites is 1. The maximum atomic E-state index is 8.75. The summed E-state index contributed by atoms with van der Waals surface area (Å²) in [6.45, 7) is 2.53. The highest BCUT2D eigenvalue weighted by Gasteiger charge is 2.15. The van der Waals surface area contributed by atoms with E-state index in [9.17, 15) is 0 Å². The Labute approximate surface area is 143 Å². The molecule has 0 spiro atoms. The van der Waals surface area contributed by atoms with Crippen LogP contribution in [0.3, 0.4) is 0 Å². The van der Waals surface area contributed by atoms with Gasteiger partial charge >= 0.3 is 0 Å². The second-order valence-electron chi connectivity index (χ2n) is 5.79. The van der Waals surface area contributed by atoms with E-state index in [1.165, 1.54) is 6.33 Å². The lowest BCUT2D eigenvalue weighted by molar-refractivity contribution is 0.526. The molecule has 7 nitrogen and oxygen atoms in total. The molecule has 3 heterocycles. The van der Waals surface area contributed by atoms with Crippen LogP contribution in [0.4, 0.5) is 5.82 Å². The van der Waals surface area contributed by atoms with Crippen LogP contribution in [-0.4, -0.2) is 19.7 Å². The molecule has 1 N–H and O–H groups in total. The molecule has 0 saturated carbocycles. The van der Waals surface area contributed by atoms with Gasteiger partial charge in [-0.3, -0.25) is 0 Å². The zero-order valence-electron chi connectivity index (χ0n) is 13.7. The predicted octanol–water partition coefficient (Wildman–Crippen LogP) is 3.66. The molecule has 0 aliphatic heterocycles. The summed E-state index contributed by atoms with van der Waals surface area (Å²) in [6.07, 6.45) is 3.61. The molecule has 3 aromatic heterocycles. The average molecular weight is 332 g/mol. The summed E-state index contributed by atoms with van der Waals surface area (Å²) in [6, 6.07) is 12.0. The molecule has 25 heavy (non-hydrogen) atoms. The van der Waals surface area contributed by atoms with Crippen molar-refractivity contribution in [3.63, 3.8) is 0 Å². The number of fused-ring (bicyclic) bond motifs is 2. The Bertz CT molecular complexity index is 1040. The normalized spacial score (nSPS) is 12.3. The third-order valence-corrected chi connectivity index (χ3v) is 4.09. The Morgan fingerprint density at radius 1 is 1.32 bits per heavy atom. The van der Waals surface area contributed by atoms with E-state index in [1.807, 2.05) is 37.3 Å². The number of furan rings is 1. The minimum atomic E-state index is -0.0621. The largest absolute Gasteiger partial charge is 0.459 e. The minimum absolute atomic E-state index is 0.0621. The molecule has 0 aliphatic rings. The van der Waals surface area contributed by atoms with Crippen LogP contribution in [0.25, 0.3) is 22.0 Å². The van der Waals surface area contributed by atoms with Gasteiger partial charge in [-0.05, 0) is 19.1 Å². The number of aryl methyl sites for hydroxylation is 1. The van der Waals surface area contributed by atoms with Crippen molar-refractivity contribution in [3.05, 3.63) is 48.6 Å². The van der Waals surface area contributed by atoms with Crippen molar-refractivity contribution in [1.82, 2.24) is 19.7 Å². The van der Waals surface area contributed by atoms with Gasteiger partial charge < -0.3 is 9.73 Å². The number of aromatic nitrogens is 4. The predicted molar refractivity (Wildman–Crippen MR) is 93.8 cm³/mol. The van der Waals surface area contributed by atoms with Gasteiger partial charge in [-0.25, -0.2) is 14.6 Å². The standard InChI is InChI=1S/C18H16N6O/c1-12(16-9-13-5-2-3-6-15(13)25-16)23-17-14-10-22-24(8-4-7-19)18(14)21-11-20-17/h2-3,5-6,9-12H,4,8H2,1H3,(H,20,21,23)/t12-/m1/s1. The Hall–Kier alpha value is -3.40. The fourth-order valence-corrected chi connectivity index (χ4v) is 2.82. The molecule has 1 atom stereocenters. The topological polar surface area (TPSA) is 92.6 Å². The molecule has 0 fully saturated rings. The number of nitriles is 1. The maximum absolute atomic E-state index is 8.75. The molecule has 0 unspecified atom stereocenters. The maximum Gasteiger partial charge on any atom is 0.163 e. The number of hydrogen-bond acceptors (Lipinski definition) is 6. The number of benzene rings is 1. The quantitative estimate of drug-likeness (QED) is 0.599. The number of nitrogens with zero attached hydrogens (tertiary/aromatic N) is 5. The highest BCUT2D eigenvalue weighted by molar-refractivity contribution is 5.86. The third-order valence-electron chi connectivity index (χ3n) is 4.09. The first kappa shape index (κ1) is 15.1. The van der Waals surface area contributed by atoms with Crippen LogP contribution < -0.4 is 5.32 Å². The Morgan fingerprint density at radius 2 is 2.20 bits per heavy atom. The highest BCUT2D eigenvalue weighted by Crippen LogP contribution is 2.27. The Kier molecular flexibility index (Phi) is 3.78. The molecule has 7 heteroatoms. The summed E-state index contributed by atoms with van der Waals surface area (Å²) < 4.78 is 7.63. The molecule has 4 aromatic rings.